The van der Waals surface area contributed by atoms with Gasteiger partial charge in [0.15, 0.2) is 5.82 Å². The van der Waals surface area contributed by atoms with Crippen LogP contribution in [0.25, 0.3) is 17.5 Å². The molecule has 4 rings (SSSR count). The fourth-order valence-corrected chi connectivity index (χ4v) is 2.60. The predicted molar refractivity (Wildman–Crippen MR) is 95.6 cm³/mol. The number of nitrogens with zero attached hydrogens (tertiary/aromatic N) is 4. The van der Waals surface area contributed by atoms with Crippen LogP contribution in [0.3, 0.4) is 0 Å². The van der Waals surface area contributed by atoms with E-state index >= 15 is 0 Å². The second-order valence-corrected chi connectivity index (χ2v) is 5.99. The second kappa shape index (κ2) is 6.68. The summed E-state index contributed by atoms with van der Waals surface area (Å²) in [5.74, 6) is 0.557. The van der Waals surface area contributed by atoms with Crippen LogP contribution in [0.1, 0.15) is 24.4 Å². The summed E-state index contributed by atoms with van der Waals surface area (Å²) in [7, 11) is 0. The molecule has 1 amide bonds. The van der Waals surface area contributed by atoms with Crippen LogP contribution >= 0.6 is 0 Å². The topological polar surface area (TPSA) is 72.7 Å². The molecule has 1 saturated carbocycles. The van der Waals surface area contributed by atoms with E-state index in [0.717, 1.165) is 29.8 Å². The Kier molecular flexibility index (Phi) is 4.08. The van der Waals surface area contributed by atoms with Gasteiger partial charge < -0.3 is 5.32 Å². The zero-order valence-electron chi connectivity index (χ0n) is 13.5. The van der Waals surface area contributed by atoms with E-state index in [-0.39, 0.29) is 5.91 Å². The van der Waals surface area contributed by atoms with Crippen molar-refractivity contribution in [3.05, 3.63) is 66.2 Å². The van der Waals surface area contributed by atoms with Gasteiger partial charge in [-0.2, -0.15) is 0 Å². The Morgan fingerprint density at radius 3 is 2.76 bits per heavy atom. The van der Waals surface area contributed by atoms with Gasteiger partial charge >= 0.3 is 0 Å². The summed E-state index contributed by atoms with van der Waals surface area (Å²) in [5, 5.41) is 14.8. The fraction of sp³-hybridized carbons (Fsp3) is 0.158. The molecule has 1 aliphatic carbocycles. The molecule has 1 aromatic heterocycles. The molecule has 0 saturated heterocycles. The van der Waals surface area contributed by atoms with Gasteiger partial charge in [-0.05, 0) is 47.0 Å². The van der Waals surface area contributed by atoms with Crippen LogP contribution in [0.5, 0.6) is 0 Å². The van der Waals surface area contributed by atoms with Crippen molar-refractivity contribution < 1.29 is 4.79 Å². The third-order valence-corrected chi connectivity index (χ3v) is 4.00. The van der Waals surface area contributed by atoms with E-state index in [4.69, 9.17) is 0 Å². The fourth-order valence-electron chi connectivity index (χ4n) is 2.60. The number of hydrogen-bond acceptors (Lipinski definition) is 4. The average Bonchev–Trinajstić information content (AvgIpc) is 3.37. The first-order valence-electron chi connectivity index (χ1n) is 8.22. The molecule has 1 fully saturated rings. The SMILES string of the molecule is O=C(/C=C/c1ccccc1)Nc1cccc(-c2nnnn2C2CC2)c1. The van der Waals surface area contributed by atoms with Crippen molar-refractivity contribution in [3.63, 3.8) is 0 Å². The maximum absolute atomic E-state index is 12.1. The van der Waals surface area contributed by atoms with Gasteiger partial charge in [0.05, 0.1) is 6.04 Å². The molecule has 0 atom stereocenters. The zero-order chi connectivity index (χ0) is 17.1. The monoisotopic (exact) mass is 331 g/mol. The van der Waals surface area contributed by atoms with Gasteiger partial charge in [0.2, 0.25) is 5.91 Å². The van der Waals surface area contributed by atoms with Crippen LogP contribution in [0.4, 0.5) is 5.69 Å². The third kappa shape index (κ3) is 3.63. The molecule has 1 aliphatic rings. The first-order chi connectivity index (χ1) is 12.3. The van der Waals surface area contributed by atoms with Crippen molar-refractivity contribution >= 4 is 17.7 Å². The van der Waals surface area contributed by atoms with Crippen LogP contribution < -0.4 is 5.32 Å². The molecule has 0 spiro atoms. The molecule has 6 nitrogen and oxygen atoms in total. The van der Waals surface area contributed by atoms with Gasteiger partial charge in [-0.3, -0.25) is 4.79 Å². The number of anilines is 1. The number of rotatable bonds is 5. The van der Waals surface area contributed by atoms with Gasteiger partial charge in [-0.1, -0.05) is 42.5 Å². The minimum absolute atomic E-state index is 0.178. The standard InChI is InChI=1S/C19H17N5O/c25-18(12-9-14-5-2-1-3-6-14)20-16-8-4-7-15(13-16)19-21-22-23-24(19)17-10-11-17/h1-9,12-13,17H,10-11H2,(H,20,25)/b12-9+. The van der Waals surface area contributed by atoms with Gasteiger partial charge in [0.25, 0.3) is 0 Å². The van der Waals surface area contributed by atoms with Crippen molar-refractivity contribution in [1.82, 2.24) is 20.2 Å². The summed E-state index contributed by atoms with van der Waals surface area (Å²) in [6.07, 6.45) is 5.53. The van der Waals surface area contributed by atoms with Gasteiger partial charge in [0.1, 0.15) is 0 Å². The Hall–Kier alpha value is -3.28. The van der Waals surface area contributed by atoms with Crippen LogP contribution in [0.15, 0.2) is 60.7 Å². The van der Waals surface area contributed by atoms with E-state index in [2.05, 4.69) is 20.8 Å². The van der Waals surface area contributed by atoms with E-state index in [0.29, 0.717) is 11.7 Å². The lowest BCUT2D eigenvalue weighted by Crippen LogP contribution is -2.08. The molecule has 25 heavy (non-hydrogen) atoms. The number of hydrogen-bond donors (Lipinski definition) is 1. The van der Waals surface area contributed by atoms with Gasteiger partial charge in [-0.15, -0.1) is 5.10 Å². The van der Waals surface area contributed by atoms with E-state index in [1.54, 1.807) is 6.08 Å². The minimum atomic E-state index is -0.178. The summed E-state index contributed by atoms with van der Waals surface area (Å²) < 4.78 is 1.86. The number of aromatic nitrogens is 4. The number of benzene rings is 2. The predicted octanol–water partition coefficient (Wildman–Crippen LogP) is 3.33. The van der Waals surface area contributed by atoms with Crippen molar-refractivity contribution in [1.29, 1.82) is 0 Å². The van der Waals surface area contributed by atoms with Crippen molar-refractivity contribution in [3.8, 4) is 11.4 Å². The first-order valence-corrected chi connectivity index (χ1v) is 8.22. The number of tetrazole rings is 1. The van der Waals surface area contributed by atoms with Crippen molar-refractivity contribution in [2.45, 2.75) is 18.9 Å². The molecule has 0 bridgehead atoms. The highest BCUT2D eigenvalue weighted by Gasteiger charge is 2.28. The van der Waals surface area contributed by atoms with E-state index in [1.165, 1.54) is 6.08 Å². The molecule has 0 radical (unpaired) electrons. The van der Waals surface area contributed by atoms with Crippen LogP contribution in [0, 0.1) is 0 Å². The van der Waals surface area contributed by atoms with Gasteiger partial charge in [-0.25, -0.2) is 4.68 Å². The second-order valence-electron chi connectivity index (χ2n) is 5.99. The third-order valence-electron chi connectivity index (χ3n) is 4.00. The molecule has 0 aliphatic heterocycles. The van der Waals surface area contributed by atoms with Crippen molar-refractivity contribution in [2.75, 3.05) is 5.32 Å². The first kappa shape index (κ1) is 15.3. The molecule has 1 N–H and O–H groups in total. The maximum Gasteiger partial charge on any atom is 0.248 e. The summed E-state index contributed by atoms with van der Waals surface area (Å²) >= 11 is 0. The number of nitrogens with one attached hydrogen (secondary N) is 1. The minimum Gasteiger partial charge on any atom is -0.322 e. The highest BCUT2D eigenvalue weighted by molar-refractivity contribution is 6.02. The lowest BCUT2D eigenvalue weighted by Gasteiger charge is -2.06. The maximum atomic E-state index is 12.1. The Labute approximate surface area is 145 Å². The largest absolute Gasteiger partial charge is 0.322 e. The molecular formula is C19H17N5O. The smallest absolute Gasteiger partial charge is 0.248 e. The van der Waals surface area contributed by atoms with Crippen LogP contribution in [0.2, 0.25) is 0 Å². The Bertz CT molecular complexity index is 912. The Morgan fingerprint density at radius 2 is 1.96 bits per heavy atom. The summed E-state index contributed by atoms with van der Waals surface area (Å²) in [6, 6.07) is 17.7. The van der Waals surface area contributed by atoms with Crippen molar-refractivity contribution in [2.24, 2.45) is 0 Å². The molecule has 1 heterocycles. The van der Waals surface area contributed by atoms with Gasteiger partial charge in [0, 0.05) is 17.3 Å². The average molecular weight is 331 g/mol. The molecule has 124 valence electrons. The van der Waals surface area contributed by atoms with E-state index in [1.807, 2.05) is 59.3 Å². The normalized spacial score (nSPS) is 13.9. The quantitative estimate of drug-likeness (QED) is 0.728. The van der Waals surface area contributed by atoms with Crippen LogP contribution in [-0.2, 0) is 4.79 Å². The summed E-state index contributed by atoms with van der Waals surface area (Å²) in [5.41, 5.74) is 2.59. The molecule has 3 aromatic rings. The number of carbonyl (C=O) groups is 1. The molecule has 2 aromatic carbocycles. The summed E-state index contributed by atoms with van der Waals surface area (Å²) in [4.78, 5) is 12.1. The van der Waals surface area contributed by atoms with Crippen LogP contribution in [-0.4, -0.2) is 26.1 Å². The Morgan fingerprint density at radius 1 is 1.12 bits per heavy atom. The molecular weight excluding hydrogens is 314 g/mol. The highest BCUT2D eigenvalue weighted by atomic mass is 16.1. The Balaban J connectivity index is 1.49. The summed E-state index contributed by atoms with van der Waals surface area (Å²) in [6.45, 7) is 0. The lowest BCUT2D eigenvalue weighted by atomic mass is 10.2. The highest BCUT2D eigenvalue weighted by Crippen LogP contribution is 2.36. The molecule has 0 unspecified atom stereocenters. The molecule has 6 heteroatoms. The van der Waals surface area contributed by atoms with E-state index < -0.39 is 0 Å². The zero-order valence-corrected chi connectivity index (χ0v) is 13.5. The number of carbonyl (C=O) groups excluding carboxylic acids is 1. The number of amides is 1. The van der Waals surface area contributed by atoms with E-state index in [9.17, 15) is 4.79 Å². The lowest BCUT2D eigenvalue weighted by molar-refractivity contribution is -0.111.